The van der Waals surface area contributed by atoms with Crippen LogP contribution in [-0.2, 0) is 30.5 Å². The normalized spacial score (nSPS) is 14.9. The molecule has 35 heavy (non-hydrogen) atoms. The fraction of sp³-hybridized carbons (Fsp3) is 0.367. The fourth-order valence-electron chi connectivity index (χ4n) is 5.39. The first-order valence-corrected chi connectivity index (χ1v) is 12.1. The van der Waals surface area contributed by atoms with E-state index < -0.39 is 12.1 Å². The number of ether oxygens (including phenoxy) is 2. The van der Waals surface area contributed by atoms with Gasteiger partial charge >= 0.3 is 5.97 Å². The van der Waals surface area contributed by atoms with Crippen molar-refractivity contribution in [2.45, 2.75) is 45.1 Å². The second-order valence-electron chi connectivity index (χ2n) is 9.63. The fourth-order valence-corrected chi connectivity index (χ4v) is 5.39. The summed E-state index contributed by atoms with van der Waals surface area (Å²) in [5, 5.41) is 20.7. The van der Waals surface area contributed by atoms with Crippen LogP contribution in [0.25, 0.3) is 0 Å². The summed E-state index contributed by atoms with van der Waals surface area (Å²) in [6.07, 6.45) is 2.94. The van der Waals surface area contributed by atoms with E-state index in [-0.39, 0.29) is 12.3 Å². The predicted octanol–water partition coefficient (Wildman–Crippen LogP) is 5.34. The largest absolute Gasteiger partial charge is 0.496 e. The number of fused-ring (bicyclic) bond motifs is 1. The number of methoxy groups -OCH3 is 2. The van der Waals surface area contributed by atoms with Gasteiger partial charge in [-0.25, -0.2) is 0 Å². The van der Waals surface area contributed by atoms with E-state index in [0.717, 1.165) is 41.5 Å². The van der Waals surface area contributed by atoms with Crippen LogP contribution in [0.1, 0.15) is 45.9 Å². The van der Waals surface area contributed by atoms with E-state index in [1.165, 1.54) is 11.1 Å². The lowest BCUT2D eigenvalue weighted by Gasteiger charge is -2.27. The Labute approximate surface area is 207 Å². The van der Waals surface area contributed by atoms with Crippen LogP contribution in [0.15, 0.2) is 60.7 Å². The van der Waals surface area contributed by atoms with Crippen LogP contribution in [0.3, 0.4) is 0 Å². The highest BCUT2D eigenvalue weighted by Gasteiger charge is 2.29. The second kappa shape index (κ2) is 11.0. The summed E-state index contributed by atoms with van der Waals surface area (Å²) >= 11 is 0. The standard InChI is InChI=1S/C30H34O5/c1-19-27(34-2)17-26(18-28(19)35-3)30(33)25(12-20-8-10-21(11-9-20)16-29(31)32)15-22-13-23-6-4-5-7-24(23)14-22/h4-11,17-18,22,25,30,33H,12-16H2,1-3H3,(H,31,32)/t25-,30+/m1/s1. The van der Waals surface area contributed by atoms with Gasteiger partial charge in [-0.2, -0.15) is 0 Å². The molecular formula is C30H34O5. The summed E-state index contributed by atoms with van der Waals surface area (Å²) in [6, 6.07) is 20.1. The molecule has 0 amide bonds. The Morgan fingerprint density at radius 2 is 1.49 bits per heavy atom. The van der Waals surface area contributed by atoms with Crippen LogP contribution in [0.5, 0.6) is 11.5 Å². The maximum Gasteiger partial charge on any atom is 0.307 e. The van der Waals surface area contributed by atoms with E-state index >= 15 is 0 Å². The second-order valence-corrected chi connectivity index (χ2v) is 9.63. The Morgan fingerprint density at radius 1 is 0.943 bits per heavy atom. The SMILES string of the molecule is COc1cc([C@@H](O)[C@H](Cc2ccc(CC(=O)O)cc2)CC2Cc3ccccc3C2)cc(OC)c1C. The van der Waals surface area contributed by atoms with Gasteiger partial charge in [0.25, 0.3) is 0 Å². The Hall–Kier alpha value is -3.31. The van der Waals surface area contributed by atoms with Crippen molar-refractivity contribution in [3.63, 3.8) is 0 Å². The summed E-state index contributed by atoms with van der Waals surface area (Å²) in [5.74, 6) is 1.00. The van der Waals surface area contributed by atoms with Crippen molar-refractivity contribution in [3.05, 3.63) is 94.0 Å². The lowest BCUT2D eigenvalue weighted by atomic mass is 9.81. The van der Waals surface area contributed by atoms with Gasteiger partial charge in [-0.1, -0.05) is 48.5 Å². The zero-order valence-electron chi connectivity index (χ0n) is 20.7. The van der Waals surface area contributed by atoms with Crippen LogP contribution in [0.2, 0.25) is 0 Å². The van der Waals surface area contributed by atoms with Crippen molar-refractivity contribution in [1.82, 2.24) is 0 Å². The number of hydrogen-bond acceptors (Lipinski definition) is 4. The van der Waals surface area contributed by atoms with Crippen molar-refractivity contribution >= 4 is 5.97 Å². The van der Waals surface area contributed by atoms with Gasteiger partial charge in [0.2, 0.25) is 0 Å². The van der Waals surface area contributed by atoms with Gasteiger partial charge in [0.1, 0.15) is 11.5 Å². The third kappa shape index (κ3) is 5.85. The molecule has 3 aromatic rings. The number of benzene rings is 3. The third-order valence-corrected chi connectivity index (χ3v) is 7.21. The molecule has 0 bridgehead atoms. The van der Waals surface area contributed by atoms with Gasteiger partial charge in [0.05, 0.1) is 26.7 Å². The van der Waals surface area contributed by atoms with Crippen LogP contribution in [-0.4, -0.2) is 30.4 Å². The number of hydrogen-bond donors (Lipinski definition) is 2. The molecule has 5 nitrogen and oxygen atoms in total. The molecule has 0 fully saturated rings. The molecule has 0 spiro atoms. The Bertz CT molecular complexity index is 1120. The first-order chi connectivity index (χ1) is 16.9. The van der Waals surface area contributed by atoms with Gasteiger partial charge < -0.3 is 19.7 Å². The van der Waals surface area contributed by atoms with Crippen LogP contribution >= 0.6 is 0 Å². The Morgan fingerprint density at radius 3 is 2.00 bits per heavy atom. The van der Waals surface area contributed by atoms with Gasteiger partial charge in [0.15, 0.2) is 0 Å². The Kier molecular flexibility index (Phi) is 7.76. The minimum absolute atomic E-state index is 0.00955. The lowest BCUT2D eigenvalue weighted by Crippen LogP contribution is -2.20. The van der Waals surface area contributed by atoms with Gasteiger partial charge in [-0.15, -0.1) is 0 Å². The highest BCUT2D eigenvalue weighted by Crippen LogP contribution is 2.39. The topological polar surface area (TPSA) is 76.0 Å². The number of carbonyl (C=O) groups is 1. The quantitative estimate of drug-likeness (QED) is 0.415. The molecule has 4 rings (SSSR count). The van der Waals surface area contributed by atoms with Crippen LogP contribution in [0, 0.1) is 18.8 Å². The number of carboxylic acids is 1. The van der Waals surface area contributed by atoms with Crippen LogP contribution in [0.4, 0.5) is 0 Å². The highest BCUT2D eigenvalue weighted by molar-refractivity contribution is 5.70. The molecule has 0 aromatic heterocycles. The molecule has 0 heterocycles. The maximum atomic E-state index is 11.6. The van der Waals surface area contributed by atoms with E-state index in [9.17, 15) is 9.90 Å². The van der Waals surface area contributed by atoms with E-state index in [1.807, 2.05) is 43.3 Å². The molecule has 1 aliphatic rings. The molecule has 2 N–H and O–H groups in total. The van der Waals surface area contributed by atoms with Crippen LogP contribution < -0.4 is 9.47 Å². The predicted molar refractivity (Wildman–Crippen MR) is 136 cm³/mol. The third-order valence-electron chi connectivity index (χ3n) is 7.21. The number of aliphatic carboxylic acids is 1. The minimum Gasteiger partial charge on any atom is -0.496 e. The van der Waals surface area contributed by atoms with E-state index in [0.29, 0.717) is 23.8 Å². The van der Waals surface area contributed by atoms with Gasteiger partial charge in [-0.3, -0.25) is 4.79 Å². The zero-order valence-corrected chi connectivity index (χ0v) is 20.7. The zero-order chi connectivity index (χ0) is 24.9. The average molecular weight is 475 g/mol. The molecule has 0 saturated heterocycles. The number of rotatable bonds is 10. The molecule has 0 unspecified atom stereocenters. The molecule has 184 valence electrons. The number of aliphatic hydroxyl groups excluding tert-OH is 1. The summed E-state index contributed by atoms with van der Waals surface area (Å²) in [7, 11) is 3.26. The van der Waals surface area contributed by atoms with Gasteiger partial charge in [0, 0.05) is 5.56 Å². The highest BCUT2D eigenvalue weighted by atomic mass is 16.5. The molecule has 5 heteroatoms. The summed E-state index contributed by atoms with van der Waals surface area (Å²) < 4.78 is 11.1. The minimum atomic E-state index is -0.839. The van der Waals surface area contributed by atoms with Crippen molar-refractivity contribution < 1.29 is 24.5 Å². The number of carboxylic acid groups (broad SMARTS) is 1. The summed E-state index contributed by atoms with van der Waals surface area (Å²) in [6.45, 7) is 1.94. The molecule has 0 saturated carbocycles. The molecular weight excluding hydrogens is 440 g/mol. The van der Waals surface area contributed by atoms with E-state index in [4.69, 9.17) is 14.6 Å². The maximum absolute atomic E-state index is 11.6. The average Bonchev–Trinajstić information content (AvgIpc) is 3.26. The van der Waals surface area contributed by atoms with Gasteiger partial charge in [-0.05, 0) is 84.4 Å². The molecule has 0 aliphatic heterocycles. The van der Waals surface area contributed by atoms with Crippen molar-refractivity contribution in [1.29, 1.82) is 0 Å². The Balaban J connectivity index is 1.60. The lowest BCUT2D eigenvalue weighted by molar-refractivity contribution is -0.136. The monoisotopic (exact) mass is 474 g/mol. The summed E-state index contributed by atoms with van der Waals surface area (Å²) in [5.41, 5.74) is 6.36. The smallest absolute Gasteiger partial charge is 0.307 e. The molecule has 3 aromatic carbocycles. The molecule has 2 atom stereocenters. The number of aliphatic hydroxyl groups is 1. The summed E-state index contributed by atoms with van der Waals surface area (Å²) in [4.78, 5) is 11.0. The van der Waals surface area contributed by atoms with Crippen molar-refractivity contribution in [2.75, 3.05) is 14.2 Å². The first kappa shape index (κ1) is 24.8. The molecule has 0 radical (unpaired) electrons. The molecule has 1 aliphatic carbocycles. The van der Waals surface area contributed by atoms with Crippen molar-refractivity contribution in [2.24, 2.45) is 11.8 Å². The van der Waals surface area contributed by atoms with E-state index in [1.54, 1.807) is 14.2 Å². The van der Waals surface area contributed by atoms with E-state index in [2.05, 4.69) is 24.3 Å². The first-order valence-electron chi connectivity index (χ1n) is 12.1. The van der Waals surface area contributed by atoms with Crippen molar-refractivity contribution in [3.8, 4) is 11.5 Å².